The predicted molar refractivity (Wildman–Crippen MR) is 90.2 cm³/mol. The fourth-order valence-electron chi connectivity index (χ4n) is 2.79. The van der Waals surface area contributed by atoms with Gasteiger partial charge in [0.15, 0.2) is 0 Å². The van der Waals surface area contributed by atoms with E-state index < -0.39 is 10.0 Å². The van der Waals surface area contributed by atoms with Crippen molar-refractivity contribution in [1.82, 2.24) is 10.0 Å². The average Bonchev–Trinajstić information content (AvgIpc) is 3.24. The molecule has 7 heteroatoms. The molecule has 1 aliphatic carbocycles. The van der Waals surface area contributed by atoms with Crippen LogP contribution in [0.3, 0.4) is 0 Å². The lowest BCUT2D eigenvalue weighted by Crippen LogP contribution is -2.38. The zero-order valence-corrected chi connectivity index (χ0v) is 14.6. The molecule has 0 aromatic heterocycles. The molecule has 24 heavy (non-hydrogen) atoms. The topological polar surface area (TPSA) is 84.5 Å². The van der Waals surface area contributed by atoms with Crippen LogP contribution >= 0.6 is 0 Å². The molecule has 1 aromatic carbocycles. The Morgan fingerprint density at radius 1 is 1.33 bits per heavy atom. The number of sulfonamides is 1. The summed E-state index contributed by atoms with van der Waals surface area (Å²) in [5, 5.41) is 2.94. The van der Waals surface area contributed by atoms with Crippen LogP contribution in [0.15, 0.2) is 29.2 Å². The van der Waals surface area contributed by atoms with Crippen LogP contribution in [-0.4, -0.2) is 40.1 Å². The Morgan fingerprint density at radius 3 is 2.79 bits per heavy atom. The van der Waals surface area contributed by atoms with E-state index in [1.165, 1.54) is 12.1 Å². The van der Waals surface area contributed by atoms with E-state index >= 15 is 0 Å². The number of hydrogen-bond donors (Lipinski definition) is 2. The van der Waals surface area contributed by atoms with E-state index in [9.17, 15) is 13.2 Å². The first kappa shape index (κ1) is 17.4. The Hall–Kier alpha value is -1.44. The van der Waals surface area contributed by atoms with Crippen molar-refractivity contribution < 1.29 is 17.9 Å². The smallest absolute Gasteiger partial charge is 0.251 e. The van der Waals surface area contributed by atoms with Crippen LogP contribution in [0.5, 0.6) is 0 Å². The Morgan fingerprint density at radius 2 is 2.12 bits per heavy atom. The summed E-state index contributed by atoms with van der Waals surface area (Å²) in [5.41, 5.74) is 0.357. The molecular weight excluding hydrogens is 328 g/mol. The SMILES string of the molecule is C[C@@H](NC(=O)c1cccc(S(=O)(=O)NCC2CC2)c1)[C@H]1CCOC1. The van der Waals surface area contributed by atoms with E-state index in [-0.39, 0.29) is 16.8 Å². The van der Waals surface area contributed by atoms with Gasteiger partial charge in [-0.3, -0.25) is 4.79 Å². The summed E-state index contributed by atoms with van der Waals surface area (Å²) in [6.07, 6.45) is 3.09. The van der Waals surface area contributed by atoms with Gasteiger partial charge in [0, 0.05) is 30.7 Å². The third-order valence-electron chi connectivity index (χ3n) is 4.70. The number of benzene rings is 1. The first-order chi connectivity index (χ1) is 11.5. The van der Waals surface area contributed by atoms with Gasteiger partial charge in [0.1, 0.15) is 0 Å². The molecule has 2 fully saturated rings. The molecule has 2 atom stereocenters. The van der Waals surface area contributed by atoms with Crippen molar-refractivity contribution in [3.05, 3.63) is 29.8 Å². The molecule has 1 aromatic rings. The van der Waals surface area contributed by atoms with Crippen LogP contribution in [0.25, 0.3) is 0 Å². The van der Waals surface area contributed by atoms with E-state index in [0.717, 1.165) is 25.9 Å². The van der Waals surface area contributed by atoms with Gasteiger partial charge < -0.3 is 10.1 Å². The van der Waals surface area contributed by atoms with Crippen molar-refractivity contribution in [2.24, 2.45) is 11.8 Å². The highest BCUT2D eigenvalue weighted by molar-refractivity contribution is 7.89. The minimum Gasteiger partial charge on any atom is -0.381 e. The lowest BCUT2D eigenvalue weighted by atomic mass is 10.0. The van der Waals surface area contributed by atoms with Crippen LogP contribution < -0.4 is 10.0 Å². The van der Waals surface area contributed by atoms with E-state index in [1.54, 1.807) is 12.1 Å². The lowest BCUT2D eigenvalue weighted by molar-refractivity contribution is 0.0922. The van der Waals surface area contributed by atoms with E-state index in [0.29, 0.717) is 30.6 Å². The molecule has 0 bridgehead atoms. The summed E-state index contributed by atoms with van der Waals surface area (Å²) >= 11 is 0. The standard InChI is InChI=1S/C17H24N2O4S/c1-12(15-7-8-23-11-15)19-17(20)14-3-2-4-16(9-14)24(21,22)18-10-13-5-6-13/h2-4,9,12-13,15,18H,5-8,10-11H2,1H3,(H,19,20)/t12-,15+/m1/s1. The molecular formula is C17H24N2O4S. The number of carbonyl (C=O) groups excluding carboxylic acids is 1. The summed E-state index contributed by atoms with van der Waals surface area (Å²) in [6.45, 7) is 3.80. The lowest BCUT2D eigenvalue weighted by Gasteiger charge is -2.19. The highest BCUT2D eigenvalue weighted by Gasteiger charge is 2.26. The van der Waals surface area contributed by atoms with Gasteiger partial charge in [-0.15, -0.1) is 0 Å². The molecule has 2 N–H and O–H groups in total. The Balaban J connectivity index is 1.66. The zero-order chi connectivity index (χ0) is 17.2. The summed E-state index contributed by atoms with van der Waals surface area (Å²) in [4.78, 5) is 12.5. The summed E-state index contributed by atoms with van der Waals surface area (Å²) in [7, 11) is -3.57. The monoisotopic (exact) mass is 352 g/mol. The summed E-state index contributed by atoms with van der Waals surface area (Å²) in [6, 6.07) is 6.17. The second-order valence-corrected chi connectivity index (χ2v) is 8.48. The maximum Gasteiger partial charge on any atom is 0.251 e. The van der Waals surface area contributed by atoms with Gasteiger partial charge in [-0.25, -0.2) is 13.1 Å². The van der Waals surface area contributed by atoms with E-state index in [4.69, 9.17) is 4.74 Å². The van der Waals surface area contributed by atoms with Gasteiger partial charge in [0.05, 0.1) is 11.5 Å². The maximum atomic E-state index is 12.4. The van der Waals surface area contributed by atoms with Gasteiger partial charge in [0.25, 0.3) is 5.91 Å². The summed E-state index contributed by atoms with van der Waals surface area (Å²) in [5.74, 6) is 0.510. The van der Waals surface area contributed by atoms with Crippen LogP contribution in [0.1, 0.15) is 36.5 Å². The Bertz CT molecular complexity index is 694. The molecule has 0 spiro atoms. The van der Waals surface area contributed by atoms with Gasteiger partial charge in [-0.1, -0.05) is 6.07 Å². The van der Waals surface area contributed by atoms with E-state index in [2.05, 4.69) is 10.0 Å². The third kappa shape index (κ3) is 4.34. The molecule has 0 radical (unpaired) electrons. The fraction of sp³-hybridized carbons (Fsp3) is 0.588. The molecule has 1 saturated carbocycles. The largest absolute Gasteiger partial charge is 0.381 e. The van der Waals surface area contributed by atoms with E-state index in [1.807, 2.05) is 6.92 Å². The quantitative estimate of drug-likeness (QED) is 0.779. The minimum absolute atomic E-state index is 0.00625. The second kappa shape index (κ2) is 7.21. The minimum atomic E-state index is -3.57. The number of ether oxygens (including phenoxy) is 1. The third-order valence-corrected chi connectivity index (χ3v) is 6.12. The number of nitrogens with one attached hydrogen (secondary N) is 2. The van der Waals surface area contributed by atoms with Crippen LogP contribution in [0, 0.1) is 11.8 Å². The van der Waals surface area contributed by atoms with Crippen molar-refractivity contribution in [1.29, 1.82) is 0 Å². The molecule has 0 unspecified atom stereocenters. The number of hydrogen-bond acceptors (Lipinski definition) is 4. The first-order valence-electron chi connectivity index (χ1n) is 8.44. The van der Waals surface area contributed by atoms with Crippen molar-refractivity contribution in [3.63, 3.8) is 0 Å². The number of amides is 1. The van der Waals surface area contributed by atoms with Crippen molar-refractivity contribution >= 4 is 15.9 Å². The molecule has 1 aliphatic heterocycles. The number of rotatable bonds is 7. The van der Waals surface area contributed by atoms with Crippen molar-refractivity contribution in [2.45, 2.75) is 37.1 Å². The van der Waals surface area contributed by atoms with Crippen LogP contribution in [0.2, 0.25) is 0 Å². The molecule has 3 rings (SSSR count). The molecule has 1 heterocycles. The van der Waals surface area contributed by atoms with Crippen molar-refractivity contribution in [3.8, 4) is 0 Å². The molecule has 6 nitrogen and oxygen atoms in total. The summed E-state index contributed by atoms with van der Waals surface area (Å²) < 4.78 is 32.6. The molecule has 132 valence electrons. The van der Waals surface area contributed by atoms with Crippen LogP contribution in [0.4, 0.5) is 0 Å². The second-order valence-electron chi connectivity index (χ2n) is 6.71. The molecule has 1 amide bonds. The molecule has 1 saturated heterocycles. The van der Waals surface area contributed by atoms with Gasteiger partial charge in [0.2, 0.25) is 10.0 Å². The fourth-order valence-corrected chi connectivity index (χ4v) is 3.95. The Kier molecular flexibility index (Phi) is 5.22. The zero-order valence-electron chi connectivity index (χ0n) is 13.8. The molecule has 2 aliphatic rings. The van der Waals surface area contributed by atoms with Gasteiger partial charge in [-0.2, -0.15) is 0 Å². The highest BCUT2D eigenvalue weighted by atomic mass is 32.2. The van der Waals surface area contributed by atoms with Gasteiger partial charge in [-0.05, 0) is 50.3 Å². The maximum absolute atomic E-state index is 12.4. The highest BCUT2D eigenvalue weighted by Crippen LogP contribution is 2.28. The first-order valence-corrected chi connectivity index (χ1v) is 9.92. The normalized spacial score (nSPS) is 22.3. The van der Waals surface area contributed by atoms with Crippen molar-refractivity contribution in [2.75, 3.05) is 19.8 Å². The number of carbonyl (C=O) groups is 1. The predicted octanol–water partition coefficient (Wildman–Crippen LogP) is 1.53. The van der Waals surface area contributed by atoms with Gasteiger partial charge >= 0.3 is 0 Å². The Labute approximate surface area is 143 Å². The average molecular weight is 352 g/mol. The van der Waals surface area contributed by atoms with Crippen LogP contribution in [-0.2, 0) is 14.8 Å².